The Hall–Kier alpha value is 0.490. The number of halogens is 3. The van der Waals surface area contributed by atoms with Crippen molar-refractivity contribution in [3.8, 4) is 0 Å². The molecule has 17 heavy (non-hydrogen) atoms. The maximum atomic E-state index is 12.8. The number of rotatable bonds is 3. The summed E-state index contributed by atoms with van der Waals surface area (Å²) in [6.45, 7) is 2.81. The van der Waals surface area contributed by atoms with Gasteiger partial charge in [-0.1, -0.05) is 34.8 Å². The summed E-state index contributed by atoms with van der Waals surface area (Å²) in [4.78, 5) is 11.6. The van der Waals surface area contributed by atoms with Crippen LogP contribution in [0.1, 0.15) is 12.8 Å². The van der Waals surface area contributed by atoms with Gasteiger partial charge in [0.1, 0.15) is 0 Å². The lowest BCUT2D eigenvalue weighted by Gasteiger charge is -2.46. The predicted molar refractivity (Wildman–Crippen MR) is 68.4 cm³/mol. The quantitative estimate of drug-likeness (QED) is 0.638. The summed E-state index contributed by atoms with van der Waals surface area (Å²) >= 11 is 16.4. The van der Waals surface area contributed by atoms with Crippen molar-refractivity contribution < 1.29 is 9.36 Å². The molecule has 0 aromatic carbocycles. The lowest BCUT2D eigenvalue weighted by Crippen LogP contribution is -2.51. The van der Waals surface area contributed by atoms with Crippen molar-refractivity contribution >= 4 is 48.3 Å². The van der Waals surface area contributed by atoms with Gasteiger partial charge in [-0.15, -0.1) is 0 Å². The number of hydrogen-bond donors (Lipinski definition) is 1. The van der Waals surface area contributed by atoms with Gasteiger partial charge in [-0.05, 0) is 12.8 Å². The van der Waals surface area contributed by atoms with E-state index in [1.807, 2.05) is 0 Å². The van der Waals surface area contributed by atoms with E-state index in [4.69, 9.17) is 34.8 Å². The van der Waals surface area contributed by atoms with Crippen LogP contribution >= 0.6 is 42.4 Å². The summed E-state index contributed by atoms with van der Waals surface area (Å²) in [5.74, 6) is -0.829. The van der Waals surface area contributed by atoms with Crippen LogP contribution in [-0.2, 0) is 9.36 Å². The second-order valence-electron chi connectivity index (χ2n) is 4.10. The molecule has 2 saturated heterocycles. The standard InChI is InChI=1S/C8H13Cl3N3O2P/c9-8(10,11)7(15)12-17(16,13-3-1-4-13)14-5-2-6-14/h1-6H2,(H,12,15,16). The van der Waals surface area contributed by atoms with Crippen molar-refractivity contribution in [1.82, 2.24) is 14.4 Å². The van der Waals surface area contributed by atoms with Gasteiger partial charge in [0.25, 0.3) is 9.70 Å². The molecule has 0 aromatic heterocycles. The molecule has 2 rings (SSSR count). The Bertz CT molecular complexity index is 348. The summed E-state index contributed by atoms with van der Waals surface area (Å²) in [5, 5.41) is 2.41. The van der Waals surface area contributed by atoms with E-state index in [2.05, 4.69) is 5.09 Å². The van der Waals surface area contributed by atoms with Crippen LogP contribution in [0.2, 0.25) is 0 Å². The van der Waals surface area contributed by atoms with Gasteiger partial charge < -0.3 is 0 Å². The SMILES string of the molecule is O=C(NP(=O)(N1CCC1)N1CCC1)C(Cl)(Cl)Cl. The third-order valence-corrected chi connectivity index (χ3v) is 6.28. The Kier molecular flexibility index (Phi) is 3.99. The highest BCUT2D eigenvalue weighted by Crippen LogP contribution is 2.54. The molecule has 0 radical (unpaired) electrons. The van der Waals surface area contributed by atoms with Crippen molar-refractivity contribution in [2.75, 3.05) is 26.2 Å². The first-order chi connectivity index (χ1) is 7.84. The zero-order valence-corrected chi connectivity index (χ0v) is 12.2. The average molecular weight is 321 g/mol. The lowest BCUT2D eigenvalue weighted by molar-refractivity contribution is -0.118. The monoisotopic (exact) mass is 319 g/mol. The minimum Gasteiger partial charge on any atom is -0.279 e. The number of hydrogen-bond acceptors (Lipinski definition) is 2. The number of alkyl halides is 3. The summed E-state index contributed by atoms with van der Waals surface area (Å²) in [7, 11) is -3.07. The Balaban J connectivity index is 2.11. The van der Waals surface area contributed by atoms with Crippen molar-refractivity contribution in [3.05, 3.63) is 0 Å². The van der Waals surface area contributed by atoms with E-state index < -0.39 is 17.3 Å². The Morgan fingerprint density at radius 2 is 1.47 bits per heavy atom. The molecule has 0 saturated carbocycles. The van der Waals surface area contributed by atoms with Crippen LogP contribution in [0.15, 0.2) is 0 Å². The molecule has 0 spiro atoms. The number of carbonyl (C=O) groups is 1. The van der Waals surface area contributed by atoms with Crippen LogP contribution in [0.3, 0.4) is 0 Å². The van der Waals surface area contributed by atoms with Crippen molar-refractivity contribution in [2.45, 2.75) is 16.6 Å². The zero-order valence-electron chi connectivity index (χ0n) is 9.03. The van der Waals surface area contributed by atoms with Crippen molar-refractivity contribution in [2.24, 2.45) is 0 Å². The van der Waals surface area contributed by atoms with Gasteiger partial charge in [0.05, 0.1) is 0 Å². The Labute approximate surface area is 115 Å². The summed E-state index contributed by atoms with van der Waals surface area (Å²) < 4.78 is 14.2. The minimum absolute atomic E-state index is 0.702. The van der Waals surface area contributed by atoms with Crippen LogP contribution in [0.5, 0.6) is 0 Å². The van der Waals surface area contributed by atoms with Crippen LogP contribution in [0.25, 0.3) is 0 Å². The topological polar surface area (TPSA) is 52.7 Å². The number of nitrogens with zero attached hydrogens (tertiary/aromatic N) is 2. The van der Waals surface area contributed by atoms with E-state index in [1.54, 1.807) is 9.34 Å². The fraction of sp³-hybridized carbons (Fsp3) is 0.875. The van der Waals surface area contributed by atoms with Crippen LogP contribution in [0, 0.1) is 0 Å². The largest absolute Gasteiger partial charge is 0.310 e. The molecule has 2 aliphatic rings. The highest BCUT2D eigenvalue weighted by atomic mass is 35.6. The molecule has 9 heteroatoms. The van der Waals surface area contributed by atoms with Gasteiger partial charge in [0.15, 0.2) is 0 Å². The molecular formula is C8H13Cl3N3O2P. The highest BCUT2D eigenvalue weighted by Gasteiger charge is 2.46. The van der Waals surface area contributed by atoms with Gasteiger partial charge >= 0.3 is 7.59 Å². The predicted octanol–water partition coefficient (Wildman–Crippen LogP) is 1.99. The molecule has 0 bridgehead atoms. The molecule has 1 amide bonds. The van der Waals surface area contributed by atoms with Crippen molar-refractivity contribution in [1.29, 1.82) is 0 Å². The summed E-state index contributed by atoms with van der Waals surface area (Å²) in [5.41, 5.74) is 0. The maximum Gasteiger partial charge on any atom is 0.310 e. The minimum atomic E-state index is -3.07. The highest BCUT2D eigenvalue weighted by molar-refractivity contribution is 7.58. The Morgan fingerprint density at radius 1 is 1.06 bits per heavy atom. The first-order valence-corrected chi connectivity index (χ1v) is 8.09. The number of nitrogens with one attached hydrogen (secondary N) is 1. The molecule has 2 heterocycles. The molecular weight excluding hydrogens is 307 g/mol. The summed E-state index contributed by atoms with van der Waals surface area (Å²) in [6.07, 6.45) is 1.95. The van der Waals surface area contributed by atoms with E-state index in [1.165, 1.54) is 0 Å². The van der Waals surface area contributed by atoms with E-state index in [0.29, 0.717) is 26.2 Å². The second kappa shape index (κ2) is 4.87. The molecule has 98 valence electrons. The number of amides is 1. The second-order valence-corrected chi connectivity index (χ2v) is 8.82. The zero-order chi connectivity index (χ0) is 12.7. The van der Waals surface area contributed by atoms with Gasteiger partial charge in [-0.3, -0.25) is 14.4 Å². The molecule has 1 N–H and O–H groups in total. The smallest absolute Gasteiger partial charge is 0.279 e. The molecule has 0 unspecified atom stereocenters. The van der Waals surface area contributed by atoms with Crippen LogP contribution in [-0.4, -0.2) is 45.2 Å². The normalized spacial score (nSPS) is 22.8. The molecule has 5 nitrogen and oxygen atoms in total. The molecule has 2 fully saturated rings. The van der Waals surface area contributed by atoms with E-state index in [0.717, 1.165) is 12.8 Å². The summed E-state index contributed by atoms with van der Waals surface area (Å²) in [6, 6.07) is 0. The fourth-order valence-corrected chi connectivity index (χ4v) is 4.72. The first-order valence-electron chi connectivity index (χ1n) is 5.34. The third kappa shape index (κ3) is 2.75. The molecule has 0 atom stereocenters. The first kappa shape index (κ1) is 13.9. The average Bonchev–Trinajstić information content (AvgIpc) is 1.92. The van der Waals surface area contributed by atoms with E-state index in [9.17, 15) is 9.36 Å². The van der Waals surface area contributed by atoms with Gasteiger partial charge in [-0.25, -0.2) is 9.34 Å². The Morgan fingerprint density at radius 3 is 1.71 bits per heavy atom. The fourth-order valence-electron chi connectivity index (χ4n) is 1.66. The lowest BCUT2D eigenvalue weighted by atomic mass is 10.3. The third-order valence-electron chi connectivity index (χ3n) is 2.94. The van der Waals surface area contributed by atoms with E-state index in [-0.39, 0.29) is 0 Å². The molecule has 2 aliphatic heterocycles. The van der Waals surface area contributed by atoms with Crippen LogP contribution < -0.4 is 5.09 Å². The van der Waals surface area contributed by atoms with Gasteiger partial charge in [0, 0.05) is 26.2 Å². The maximum absolute atomic E-state index is 12.8. The van der Waals surface area contributed by atoms with Gasteiger partial charge in [-0.2, -0.15) is 0 Å². The van der Waals surface area contributed by atoms with Crippen LogP contribution in [0.4, 0.5) is 0 Å². The van der Waals surface area contributed by atoms with E-state index >= 15 is 0 Å². The molecule has 0 aromatic rings. The molecule has 0 aliphatic carbocycles. The van der Waals surface area contributed by atoms with Gasteiger partial charge in [0.2, 0.25) is 0 Å². The number of carbonyl (C=O) groups excluding carboxylic acids is 1. The van der Waals surface area contributed by atoms with Crippen molar-refractivity contribution in [3.63, 3.8) is 0 Å².